The van der Waals surface area contributed by atoms with Crippen molar-refractivity contribution in [1.29, 1.82) is 0 Å². The van der Waals surface area contributed by atoms with Crippen LogP contribution < -0.4 is 25.6 Å². The summed E-state index contributed by atoms with van der Waals surface area (Å²) >= 11 is 0. The van der Waals surface area contributed by atoms with E-state index in [9.17, 15) is 14.7 Å². The molecule has 0 unspecified atom stereocenters. The van der Waals surface area contributed by atoms with Gasteiger partial charge in [0, 0.05) is 12.6 Å². The number of hydrogen-bond acceptors (Lipinski definition) is 6. The van der Waals surface area contributed by atoms with Crippen molar-refractivity contribution in [2.75, 3.05) is 6.54 Å². The number of rotatable bonds is 9. The smallest absolute Gasteiger partial charge is 0.333 e. The zero-order chi connectivity index (χ0) is 23.5. The Kier molecular flexibility index (Phi) is 8.61. The van der Waals surface area contributed by atoms with Gasteiger partial charge in [-0.05, 0) is 18.1 Å². The van der Waals surface area contributed by atoms with Crippen molar-refractivity contribution < 1.29 is 24.2 Å². The van der Waals surface area contributed by atoms with Gasteiger partial charge in [0.05, 0.1) is 12.3 Å². The van der Waals surface area contributed by atoms with Crippen LogP contribution in [0.1, 0.15) is 28.5 Å². The normalized spacial score (nSPS) is 11.2. The Morgan fingerprint density at radius 1 is 0.909 bits per heavy atom. The number of hydrazine groups is 1. The summed E-state index contributed by atoms with van der Waals surface area (Å²) in [5.74, 6) is 0.0869. The molecule has 0 bridgehead atoms. The Morgan fingerprint density at radius 3 is 2.06 bits per heavy atom. The molecule has 3 rings (SSSR count). The van der Waals surface area contributed by atoms with Gasteiger partial charge in [-0.15, -0.1) is 0 Å². The van der Waals surface area contributed by atoms with Crippen LogP contribution in [0.15, 0.2) is 72.9 Å². The molecule has 0 radical (unpaired) electrons. The van der Waals surface area contributed by atoms with Crippen LogP contribution in [0, 0.1) is 0 Å². The van der Waals surface area contributed by atoms with Crippen LogP contribution in [-0.2, 0) is 13.2 Å². The molecule has 1 aromatic heterocycles. The average molecular weight is 450 g/mol. The van der Waals surface area contributed by atoms with E-state index in [0.29, 0.717) is 18.1 Å². The maximum atomic E-state index is 12.4. The Morgan fingerprint density at radius 2 is 1.48 bits per heavy atom. The van der Waals surface area contributed by atoms with Gasteiger partial charge in [0.1, 0.15) is 18.9 Å². The first-order chi connectivity index (χ1) is 16.0. The summed E-state index contributed by atoms with van der Waals surface area (Å²) < 4.78 is 11.8. The minimum absolute atomic E-state index is 0.0287. The number of carbonyl (C=O) groups is 2. The lowest BCUT2D eigenvalue weighted by Crippen LogP contribution is -2.48. The van der Waals surface area contributed by atoms with Gasteiger partial charge in [0.15, 0.2) is 11.5 Å². The highest BCUT2D eigenvalue weighted by Crippen LogP contribution is 2.28. The molecule has 9 heteroatoms. The van der Waals surface area contributed by atoms with Crippen molar-refractivity contribution in [2.24, 2.45) is 0 Å². The Balaban J connectivity index is 1.69. The van der Waals surface area contributed by atoms with Crippen molar-refractivity contribution in [3.63, 3.8) is 0 Å². The molecule has 0 fully saturated rings. The van der Waals surface area contributed by atoms with Gasteiger partial charge in [0.25, 0.3) is 5.91 Å². The van der Waals surface area contributed by atoms with Gasteiger partial charge in [-0.2, -0.15) is 0 Å². The molecule has 0 aliphatic heterocycles. The zero-order valence-electron chi connectivity index (χ0n) is 18.2. The molecule has 0 aliphatic rings. The monoisotopic (exact) mass is 450 g/mol. The molecule has 172 valence electrons. The van der Waals surface area contributed by atoms with E-state index in [-0.39, 0.29) is 18.8 Å². The average Bonchev–Trinajstić information content (AvgIpc) is 2.85. The number of urea groups is 1. The van der Waals surface area contributed by atoms with E-state index in [4.69, 9.17) is 9.47 Å². The van der Waals surface area contributed by atoms with Gasteiger partial charge in [-0.1, -0.05) is 60.7 Å². The standard InChI is InChI=1S/C24H26N4O5/c1-17(29)13-26-24(31)28-27-23(30)20-12-21(32-15-18-8-4-2-5-9-18)22(14-25-20)33-16-19-10-6-3-7-11-19/h2-12,14,17,29H,13,15-16H2,1H3,(H,27,30)(H2,26,28,31)/t17-/m0/s1. The molecule has 3 amide bonds. The number of nitrogens with one attached hydrogen (secondary N) is 3. The molecular formula is C24H26N4O5. The zero-order valence-corrected chi connectivity index (χ0v) is 18.2. The highest BCUT2D eigenvalue weighted by atomic mass is 16.5. The third-order valence-corrected chi connectivity index (χ3v) is 4.39. The molecule has 9 nitrogen and oxygen atoms in total. The minimum Gasteiger partial charge on any atom is -0.485 e. The van der Waals surface area contributed by atoms with Crippen LogP contribution in [0.3, 0.4) is 0 Å². The summed E-state index contributed by atoms with van der Waals surface area (Å²) in [4.78, 5) is 28.2. The minimum atomic E-state index is -0.708. The van der Waals surface area contributed by atoms with E-state index in [0.717, 1.165) is 11.1 Å². The van der Waals surface area contributed by atoms with Crippen LogP contribution in [0.4, 0.5) is 4.79 Å². The number of carbonyl (C=O) groups excluding carboxylic acids is 2. The number of aromatic nitrogens is 1. The third-order valence-electron chi connectivity index (χ3n) is 4.39. The molecule has 1 heterocycles. The summed E-state index contributed by atoms with van der Waals surface area (Å²) in [7, 11) is 0. The lowest BCUT2D eigenvalue weighted by atomic mass is 10.2. The van der Waals surface area contributed by atoms with E-state index in [1.165, 1.54) is 19.2 Å². The van der Waals surface area contributed by atoms with E-state index < -0.39 is 18.0 Å². The predicted molar refractivity (Wildman–Crippen MR) is 121 cm³/mol. The number of aliphatic hydroxyl groups excluding tert-OH is 1. The highest BCUT2D eigenvalue weighted by molar-refractivity contribution is 5.94. The number of amides is 3. The van der Waals surface area contributed by atoms with Crippen LogP contribution in [0.25, 0.3) is 0 Å². The quantitative estimate of drug-likeness (QED) is 0.372. The number of pyridine rings is 1. The second kappa shape index (κ2) is 12.1. The van der Waals surface area contributed by atoms with Crippen molar-refractivity contribution in [1.82, 2.24) is 21.2 Å². The molecular weight excluding hydrogens is 424 g/mol. The molecule has 2 aromatic carbocycles. The van der Waals surface area contributed by atoms with E-state index >= 15 is 0 Å². The van der Waals surface area contributed by atoms with Crippen LogP contribution >= 0.6 is 0 Å². The molecule has 0 aliphatic carbocycles. The Hall–Kier alpha value is -4.11. The lowest BCUT2D eigenvalue weighted by Gasteiger charge is -2.14. The summed E-state index contributed by atoms with van der Waals surface area (Å²) in [5, 5.41) is 11.6. The molecule has 0 saturated carbocycles. The van der Waals surface area contributed by atoms with E-state index in [1.807, 2.05) is 60.7 Å². The fraction of sp³-hybridized carbons (Fsp3) is 0.208. The molecule has 3 aromatic rings. The highest BCUT2D eigenvalue weighted by Gasteiger charge is 2.15. The van der Waals surface area contributed by atoms with E-state index in [2.05, 4.69) is 21.2 Å². The fourth-order valence-corrected chi connectivity index (χ4v) is 2.70. The summed E-state index contributed by atoms with van der Waals surface area (Å²) in [6.45, 7) is 2.15. The molecule has 4 N–H and O–H groups in total. The van der Waals surface area contributed by atoms with E-state index in [1.54, 1.807) is 0 Å². The second-order valence-electron chi connectivity index (χ2n) is 7.20. The summed E-state index contributed by atoms with van der Waals surface area (Å²) in [6, 6.07) is 20.0. The first kappa shape index (κ1) is 23.6. The van der Waals surface area contributed by atoms with Crippen molar-refractivity contribution in [3.05, 3.63) is 89.7 Å². The summed E-state index contributed by atoms with van der Waals surface area (Å²) in [6.07, 6.45) is 0.701. The SMILES string of the molecule is C[C@H](O)CNC(=O)NNC(=O)c1cc(OCc2ccccc2)c(OCc2ccccc2)cn1. The predicted octanol–water partition coefficient (Wildman–Crippen LogP) is 2.56. The van der Waals surface area contributed by atoms with Crippen LogP contribution in [0.2, 0.25) is 0 Å². The number of nitrogens with zero attached hydrogens (tertiary/aromatic N) is 1. The van der Waals surface area contributed by atoms with Gasteiger partial charge < -0.3 is 19.9 Å². The molecule has 33 heavy (non-hydrogen) atoms. The van der Waals surface area contributed by atoms with Gasteiger partial charge in [-0.3, -0.25) is 10.2 Å². The molecule has 0 spiro atoms. The Bertz CT molecular complexity index is 1050. The lowest BCUT2D eigenvalue weighted by molar-refractivity contribution is 0.0930. The van der Waals surface area contributed by atoms with Crippen molar-refractivity contribution >= 4 is 11.9 Å². The first-order valence-electron chi connectivity index (χ1n) is 10.4. The second-order valence-corrected chi connectivity index (χ2v) is 7.20. The maximum absolute atomic E-state index is 12.4. The first-order valence-corrected chi connectivity index (χ1v) is 10.4. The largest absolute Gasteiger partial charge is 0.485 e. The van der Waals surface area contributed by atoms with Crippen LogP contribution in [0.5, 0.6) is 11.5 Å². The summed E-state index contributed by atoms with van der Waals surface area (Å²) in [5.41, 5.74) is 6.41. The number of aliphatic hydroxyl groups is 1. The topological polar surface area (TPSA) is 122 Å². The number of ether oxygens (including phenoxy) is 2. The van der Waals surface area contributed by atoms with Crippen molar-refractivity contribution in [2.45, 2.75) is 26.2 Å². The van der Waals surface area contributed by atoms with Crippen LogP contribution in [-0.4, -0.2) is 34.7 Å². The van der Waals surface area contributed by atoms with Gasteiger partial charge in [-0.25, -0.2) is 15.2 Å². The maximum Gasteiger partial charge on any atom is 0.333 e. The van der Waals surface area contributed by atoms with Gasteiger partial charge >= 0.3 is 6.03 Å². The van der Waals surface area contributed by atoms with Gasteiger partial charge in [0.2, 0.25) is 0 Å². The number of hydrogen-bond donors (Lipinski definition) is 4. The number of benzene rings is 2. The fourth-order valence-electron chi connectivity index (χ4n) is 2.70. The molecule has 0 saturated heterocycles. The van der Waals surface area contributed by atoms with Crippen molar-refractivity contribution in [3.8, 4) is 11.5 Å². The third kappa shape index (κ3) is 7.82. The molecule has 1 atom stereocenters. The Labute approximate surface area is 191 Å².